The van der Waals surface area contributed by atoms with Crippen LogP contribution in [0, 0.1) is 10.8 Å². The summed E-state index contributed by atoms with van der Waals surface area (Å²) < 4.78 is 28.3. The molecule has 0 aliphatic heterocycles. The van der Waals surface area contributed by atoms with Crippen LogP contribution in [-0.4, -0.2) is 19.6 Å². The number of hydrogen-bond acceptors (Lipinski definition) is 3. The van der Waals surface area contributed by atoms with E-state index in [1.807, 2.05) is 0 Å². The van der Waals surface area contributed by atoms with Crippen molar-refractivity contribution in [2.75, 3.05) is 0 Å². The van der Waals surface area contributed by atoms with Crippen molar-refractivity contribution >= 4 is 26.0 Å². The summed E-state index contributed by atoms with van der Waals surface area (Å²) in [6.45, 7) is 8.04. The lowest BCUT2D eigenvalue weighted by atomic mass is 10.0. The highest BCUT2D eigenvalue weighted by Crippen LogP contribution is 2.63. The molecule has 2 N–H and O–H groups in total. The SMILES string of the molecule is CC1(C)C(NS(=O)(=O)c2cc(CO)ccc2Br)C1(C)C. The largest absolute Gasteiger partial charge is 0.392 e. The minimum atomic E-state index is -3.61. The van der Waals surface area contributed by atoms with Gasteiger partial charge in [-0.05, 0) is 44.5 Å². The van der Waals surface area contributed by atoms with Crippen molar-refractivity contribution in [3.8, 4) is 0 Å². The van der Waals surface area contributed by atoms with Crippen molar-refractivity contribution in [1.29, 1.82) is 0 Å². The van der Waals surface area contributed by atoms with Crippen LogP contribution < -0.4 is 4.72 Å². The van der Waals surface area contributed by atoms with Gasteiger partial charge in [0.25, 0.3) is 0 Å². The van der Waals surface area contributed by atoms with E-state index in [4.69, 9.17) is 5.11 Å². The standard InChI is InChI=1S/C14H20BrNO3S/c1-13(2)12(14(13,3)4)16-20(18,19)11-7-9(8-17)5-6-10(11)15/h5-7,12,16-17H,8H2,1-4H3. The summed E-state index contributed by atoms with van der Waals surface area (Å²) in [4.78, 5) is 0.169. The molecule has 0 radical (unpaired) electrons. The summed E-state index contributed by atoms with van der Waals surface area (Å²) in [5.74, 6) is 0. The molecule has 1 aromatic carbocycles. The molecule has 0 unspecified atom stereocenters. The number of aliphatic hydroxyl groups excluding tert-OH is 1. The molecule has 1 aliphatic carbocycles. The van der Waals surface area contributed by atoms with Gasteiger partial charge in [-0.15, -0.1) is 0 Å². The Morgan fingerprint density at radius 3 is 2.25 bits per heavy atom. The first-order chi connectivity index (χ1) is 9.04. The number of benzene rings is 1. The molecule has 2 rings (SSSR count). The molecular weight excluding hydrogens is 342 g/mol. The van der Waals surface area contributed by atoms with Crippen LogP contribution in [0.1, 0.15) is 33.3 Å². The van der Waals surface area contributed by atoms with Gasteiger partial charge < -0.3 is 5.11 Å². The summed E-state index contributed by atoms with van der Waals surface area (Å²) in [6, 6.07) is 4.73. The Balaban J connectivity index is 2.33. The molecule has 1 fully saturated rings. The van der Waals surface area contributed by atoms with E-state index in [1.165, 1.54) is 6.07 Å². The third kappa shape index (κ3) is 2.43. The summed E-state index contributed by atoms with van der Waals surface area (Å²) in [5, 5.41) is 9.15. The van der Waals surface area contributed by atoms with Crippen molar-refractivity contribution in [3.05, 3.63) is 28.2 Å². The molecule has 20 heavy (non-hydrogen) atoms. The van der Waals surface area contributed by atoms with Crippen LogP contribution in [0.2, 0.25) is 0 Å². The Morgan fingerprint density at radius 2 is 1.80 bits per heavy atom. The minimum absolute atomic E-state index is 0.0683. The van der Waals surface area contributed by atoms with E-state index in [-0.39, 0.29) is 28.4 Å². The molecule has 1 saturated carbocycles. The van der Waals surface area contributed by atoms with E-state index in [2.05, 4.69) is 48.3 Å². The number of rotatable bonds is 4. The fraction of sp³-hybridized carbons (Fsp3) is 0.571. The number of hydrogen-bond donors (Lipinski definition) is 2. The quantitative estimate of drug-likeness (QED) is 0.866. The molecule has 112 valence electrons. The Morgan fingerprint density at radius 1 is 1.25 bits per heavy atom. The maximum Gasteiger partial charge on any atom is 0.241 e. The summed E-state index contributed by atoms with van der Waals surface area (Å²) in [7, 11) is -3.61. The zero-order valence-corrected chi connectivity index (χ0v) is 14.5. The molecule has 1 aliphatic rings. The molecular formula is C14H20BrNO3S. The average molecular weight is 362 g/mol. The Hall–Kier alpha value is -0.430. The maximum absolute atomic E-state index is 12.5. The zero-order chi connectivity index (χ0) is 15.3. The van der Waals surface area contributed by atoms with E-state index in [9.17, 15) is 8.42 Å². The zero-order valence-electron chi connectivity index (χ0n) is 12.1. The van der Waals surface area contributed by atoms with Gasteiger partial charge in [0, 0.05) is 10.5 Å². The second-order valence-electron chi connectivity index (χ2n) is 6.42. The highest BCUT2D eigenvalue weighted by molar-refractivity contribution is 9.10. The van der Waals surface area contributed by atoms with Gasteiger partial charge in [-0.1, -0.05) is 33.8 Å². The lowest BCUT2D eigenvalue weighted by Crippen LogP contribution is -2.30. The topological polar surface area (TPSA) is 66.4 Å². The highest BCUT2D eigenvalue weighted by Gasteiger charge is 2.66. The van der Waals surface area contributed by atoms with E-state index in [0.717, 1.165) is 0 Å². The van der Waals surface area contributed by atoms with Crippen LogP contribution in [0.4, 0.5) is 0 Å². The first-order valence-electron chi connectivity index (χ1n) is 6.45. The number of aliphatic hydroxyl groups is 1. The molecule has 6 heteroatoms. The highest BCUT2D eigenvalue weighted by atomic mass is 79.9. The molecule has 0 atom stereocenters. The normalized spacial score (nSPS) is 20.9. The van der Waals surface area contributed by atoms with Crippen molar-refractivity contribution in [2.24, 2.45) is 10.8 Å². The molecule has 1 aromatic rings. The predicted octanol–water partition coefficient (Wildman–Crippen LogP) is 2.65. The third-order valence-corrected chi connectivity index (χ3v) is 7.18. The number of nitrogens with one attached hydrogen (secondary N) is 1. The van der Waals surface area contributed by atoms with Crippen molar-refractivity contribution in [1.82, 2.24) is 4.72 Å². The summed E-state index contributed by atoms with van der Waals surface area (Å²) in [6.07, 6.45) is 0. The monoisotopic (exact) mass is 361 g/mol. The number of halogens is 1. The van der Waals surface area contributed by atoms with Crippen LogP contribution >= 0.6 is 15.9 Å². The van der Waals surface area contributed by atoms with Gasteiger partial charge in [-0.25, -0.2) is 13.1 Å². The molecule has 0 bridgehead atoms. The first-order valence-corrected chi connectivity index (χ1v) is 8.73. The van der Waals surface area contributed by atoms with Crippen LogP contribution in [0.25, 0.3) is 0 Å². The minimum Gasteiger partial charge on any atom is -0.392 e. The van der Waals surface area contributed by atoms with E-state index < -0.39 is 10.0 Å². The molecule has 0 aromatic heterocycles. The fourth-order valence-corrected chi connectivity index (χ4v) is 5.11. The van der Waals surface area contributed by atoms with Gasteiger partial charge >= 0.3 is 0 Å². The lowest BCUT2D eigenvalue weighted by Gasteiger charge is -2.11. The fourth-order valence-electron chi connectivity index (χ4n) is 2.56. The Kier molecular flexibility index (Phi) is 3.83. The molecule has 0 saturated heterocycles. The summed E-state index contributed by atoms with van der Waals surface area (Å²) in [5.41, 5.74) is 0.435. The molecule has 4 nitrogen and oxygen atoms in total. The van der Waals surface area contributed by atoms with Crippen molar-refractivity contribution in [2.45, 2.75) is 45.2 Å². The maximum atomic E-state index is 12.5. The Bertz CT molecular complexity index is 624. The summed E-state index contributed by atoms with van der Waals surface area (Å²) >= 11 is 3.26. The van der Waals surface area contributed by atoms with Gasteiger partial charge in [0.15, 0.2) is 0 Å². The smallest absolute Gasteiger partial charge is 0.241 e. The second kappa shape index (κ2) is 4.80. The van der Waals surface area contributed by atoms with Gasteiger partial charge in [0.1, 0.15) is 0 Å². The van der Waals surface area contributed by atoms with Crippen LogP contribution in [-0.2, 0) is 16.6 Å². The third-order valence-electron chi connectivity index (χ3n) is 4.76. The average Bonchev–Trinajstić information content (AvgIpc) is 2.72. The van der Waals surface area contributed by atoms with Gasteiger partial charge in [0.05, 0.1) is 11.5 Å². The van der Waals surface area contributed by atoms with E-state index in [1.54, 1.807) is 12.1 Å². The second-order valence-corrected chi connectivity index (χ2v) is 8.96. The van der Waals surface area contributed by atoms with Crippen LogP contribution in [0.3, 0.4) is 0 Å². The molecule has 0 spiro atoms. The van der Waals surface area contributed by atoms with Crippen molar-refractivity contribution in [3.63, 3.8) is 0 Å². The van der Waals surface area contributed by atoms with Gasteiger partial charge in [-0.3, -0.25) is 0 Å². The number of sulfonamides is 1. The predicted molar refractivity (Wildman–Crippen MR) is 81.7 cm³/mol. The lowest BCUT2D eigenvalue weighted by molar-refractivity contribution is 0.281. The van der Waals surface area contributed by atoms with E-state index >= 15 is 0 Å². The van der Waals surface area contributed by atoms with Crippen LogP contribution in [0.15, 0.2) is 27.6 Å². The van der Waals surface area contributed by atoms with E-state index in [0.29, 0.717) is 10.0 Å². The first kappa shape index (κ1) is 15.9. The molecule has 0 amide bonds. The van der Waals surface area contributed by atoms with Gasteiger partial charge in [0.2, 0.25) is 10.0 Å². The van der Waals surface area contributed by atoms with Crippen molar-refractivity contribution < 1.29 is 13.5 Å². The van der Waals surface area contributed by atoms with Crippen LogP contribution in [0.5, 0.6) is 0 Å². The Labute approximate surface area is 128 Å². The molecule has 0 heterocycles. The van der Waals surface area contributed by atoms with Gasteiger partial charge in [-0.2, -0.15) is 0 Å².